The highest BCUT2D eigenvalue weighted by Gasteiger charge is 2.15. The van der Waals surface area contributed by atoms with Gasteiger partial charge in [0.15, 0.2) is 0 Å². The van der Waals surface area contributed by atoms with E-state index in [-0.39, 0.29) is 6.04 Å². The SMILES string of the molecule is CSCCC(C)Nc1cccc(Br)c1C(=O)O. The Morgan fingerprint density at radius 2 is 2.29 bits per heavy atom. The number of hydrogen-bond acceptors (Lipinski definition) is 3. The summed E-state index contributed by atoms with van der Waals surface area (Å²) in [5.41, 5.74) is 0.962. The molecule has 0 saturated heterocycles. The maximum atomic E-state index is 11.2. The van der Waals surface area contributed by atoms with E-state index in [9.17, 15) is 4.79 Å². The maximum Gasteiger partial charge on any atom is 0.338 e. The van der Waals surface area contributed by atoms with Crippen LogP contribution in [0.4, 0.5) is 5.69 Å². The van der Waals surface area contributed by atoms with Gasteiger partial charge in [-0.3, -0.25) is 0 Å². The Bertz CT molecular complexity index is 398. The number of benzene rings is 1. The molecule has 1 unspecified atom stereocenters. The van der Waals surface area contributed by atoms with Crippen LogP contribution in [-0.2, 0) is 0 Å². The number of halogens is 1. The lowest BCUT2D eigenvalue weighted by Gasteiger charge is -2.17. The monoisotopic (exact) mass is 317 g/mol. The summed E-state index contributed by atoms with van der Waals surface area (Å²) in [5.74, 6) is 0.141. The molecule has 1 aromatic rings. The van der Waals surface area contributed by atoms with Gasteiger partial charge in [-0.05, 0) is 53.4 Å². The number of aromatic carboxylic acids is 1. The fraction of sp³-hybridized carbons (Fsp3) is 0.417. The molecule has 0 aliphatic rings. The van der Waals surface area contributed by atoms with Crippen LogP contribution < -0.4 is 5.32 Å². The third-order valence-electron chi connectivity index (χ3n) is 2.38. The van der Waals surface area contributed by atoms with Crippen LogP contribution in [0.3, 0.4) is 0 Å². The molecule has 2 N–H and O–H groups in total. The number of carboxylic acids is 1. The summed E-state index contributed by atoms with van der Waals surface area (Å²) in [6.07, 6.45) is 3.07. The molecule has 0 spiro atoms. The van der Waals surface area contributed by atoms with Crippen molar-refractivity contribution in [3.63, 3.8) is 0 Å². The number of rotatable bonds is 6. The number of carbonyl (C=O) groups is 1. The largest absolute Gasteiger partial charge is 0.478 e. The van der Waals surface area contributed by atoms with E-state index < -0.39 is 5.97 Å². The highest BCUT2D eigenvalue weighted by molar-refractivity contribution is 9.10. The third kappa shape index (κ3) is 4.24. The van der Waals surface area contributed by atoms with E-state index in [4.69, 9.17) is 5.11 Å². The topological polar surface area (TPSA) is 49.3 Å². The molecular formula is C12H16BrNO2S. The predicted octanol–water partition coefficient (Wildman–Crippen LogP) is 3.70. The fourth-order valence-electron chi connectivity index (χ4n) is 1.49. The molecule has 0 aliphatic carbocycles. The van der Waals surface area contributed by atoms with E-state index in [0.717, 1.165) is 12.2 Å². The molecule has 0 aliphatic heterocycles. The average molecular weight is 318 g/mol. The van der Waals surface area contributed by atoms with Gasteiger partial charge in [0.05, 0.1) is 11.3 Å². The van der Waals surface area contributed by atoms with Crippen molar-refractivity contribution < 1.29 is 9.90 Å². The number of nitrogens with one attached hydrogen (secondary N) is 1. The van der Waals surface area contributed by atoms with Crippen molar-refractivity contribution in [1.82, 2.24) is 0 Å². The summed E-state index contributed by atoms with van der Waals surface area (Å²) in [6.45, 7) is 2.06. The Balaban J connectivity index is 2.83. The molecule has 5 heteroatoms. The van der Waals surface area contributed by atoms with E-state index in [1.165, 1.54) is 0 Å². The second-order valence-corrected chi connectivity index (χ2v) is 5.63. The summed E-state index contributed by atoms with van der Waals surface area (Å²) in [4.78, 5) is 11.2. The fourth-order valence-corrected chi connectivity index (χ4v) is 2.62. The minimum Gasteiger partial charge on any atom is -0.478 e. The van der Waals surface area contributed by atoms with Gasteiger partial charge in [-0.15, -0.1) is 0 Å². The van der Waals surface area contributed by atoms with Gasteiger partial charge in [0.1, 0.15) is 0 Å². The molecule has 94 valence electrons. The third-order valence-corrected chi connectivity index (χ3v) is 3.69. The van der Waals surface area contributed by atoms with Crippen molar-refractivity contribution in [3.8, 4) is 0 Å². The zero-order valence-corrected chi connectivity index (χ0v) is 12.3. The number of hydrogen-bond donors (Lipinski definition) is 2. The summed E-state index contributed by atoms with van der Waals surface area (Å²) >= 11 is 5.05. The van der Waals surface area contributed by atoms with Gasteiger partial charge >= 0.3 is 5.97 Å². The zero-order valence-electron chi connectivity index (χ0n) is 9.87. The second kappa shape index (κ2) is 6.91. The van der Waals surface area contributed by atoms with Crippen molar-refractivity contribution in [1.29, 1.82) is 0 Å². The highest BCUT2D eigenvalue weighted by Crippen LogP contribution is 2.25. The van der Waals surface area contributed by atoms with Crippen molar-refractivity contribution in [2.45, 2.75) is 19.4 Å². The molecular weight excluding hydrogens is 302 g/mol. The lowest BCUT2D eigenvalue weighted by Crippen LogP contribution is -2.18. The van der Waals surface area contributed by atoms with E-state index in [1.807, 2.05) is 6.07 Å². The first-order valence-corrected chi connectivity index (χ1v) is 7.52. The Kier molecular flexibility index (Phi) is 5.85. The quantitative estimate of drug-likeness (QED) is 0.840. The average Bonchev–Trinajstić information content (AvgIpc) is 2.25. The molecule has 0 amide bonds. The van der Waals surface area contributed by atoms with Gasteiger partial charge in [0, 0.05) is 10.5 Å². The molecule has 0 bridgehead atoms. The maximum absolute atomic E-state index is 11.2. The first-order valence-electron chi connectivity index (χ1n) is 5.33. The molecule has 17 heavy (non-hydrogen) atoms. The van der Waals surface area contributed by atoms with Gasteiger partial charge in [-0.1, -0.05) is 6.07 Å². The molecule has 0 radical (unpaired) electrons. The Labute approximate surface area is 114 Å². The van der Waals surface area contributed by atoms with E-state index in [2.05, 4.69) is 34.4 Å². The van der Waals surface area contributed by atoms with Crippen LogP contribution >= 0.6 is 27.7 Å². The van der Waals surface area contributed by atoms with Crippen molar-refractivity contribution >= 4 is 39.3 Å². The van der Waals surface area contributed by atoms with Crippen LogP contribution in [0.15, 0.2) is 22.7 Å². The van der Waals surface area contributed by atoms with Crippen LogP contribution in [0.25, 0.3) is 0 Å². The van der Waals surface area contributed by atoms with Crippen molar-refractivity contribution in [3.05, 3.63) is 28.2 Å². The molecule has 1 rings (SSSR count). The molecule has 0 fully saturated rings. The number of thioether (sulfide) groups is 1. The van der Waals surface area contributed by atoms with Crippen LogP contribution in [0.5, 0.6) is 0 Å². The van der Waals surface area contributed by atoms with Gasteiger partial charge in [0.25, 0.3) is 0 Å². The smallest absolute Gasteiger partial charge is 0.338 e. The molecule has 1 atom stereocenters. The first-order chi connectivity index (χ1) is 8.06. The van der Waals surface area contributed by atoms with E-state index >= 15 is 0 Å². The van der Waals surface area contributed by atoms with E-state index in [1.54, 1.807) is 23.9 Å². The molecule has 0 saturated carbocycles. The standard InChI is InChI=1S/C12H16BrNO2S/c1-8(6-7-17-2)14-10-5-3-4-9(13)11(10)12(15)16/h3-5,8,14H,6-7H2,1-2H3,(H,15,16). The Morgan fingerprint density at radius 1 is 1.59 bits per heavy atom. The first kappa shape index (κ1) is 14.4. The molecule has 0 heterocycles. The van der Waals surface area contributed by atoms with Gasteiger partial charge < -0.3 is 10.4 Å². The van der Waals surface area contributed by atoms with Gasteiger partial charge in [-0.2, -0.15) is 11.8 Å². The number of anilines is 1. The lowest BCUT2D eigenvalue weighted by molar-refractivity contribution is 0.0697. The van der Waals surface area contributed by atoms with Crippen molar-refractivity contribution in [2.24, 2.45) is 0 Å². The summed E-state index contributed by atoms with van der Waals surface area (Å²) < 4.78 is 0.604. The van der Waals surface area contributed by atoms with Crippen molar-refractivity contribution in [2.75, 3.05) is 17.3 Å². The Morgan fingerprint density at radius 3 is 2.88 bits per heavy atom. The molecule has 1 aromatic carbocycles. The van der Waals surface area contributed by atoms with Crippen LogP contribution in [0.1, 0.15) is 23.7 Å². The van der Waals surface area contributed by atoms with E-state index in [0.29, 0.717) is 15.7 Å². The van der Waals surface area contributed by atoms with Gasteiger partial charge in [0.2, 0.25) is 0 Å². The normalized spacial score (nSPS) is 12.2. The minimum absolute atomic E-state index is 0.259. The summed E-state index contributed by atoms with van der Waals surface area (Å²) in [7, 11) is 0. The van der Waals surface area contributed by atoms with Crippen LogP contribution in [-0.4, -0.2) is 29.1 Å². The number of carboxylic acid groups (broad SMARTS) is 1. The van der Waals surface area contributed by atoms with Gasteiger partial charge in [-0.25, -0.2) is 4.79 Å². The zero-order chi connectivity index (χ0) is 12.8. The summed E-state index contributed by atoms with van der Waals surface area (Å²) in [5, 5.41) is 12.4. The lowest BCUT2D eigenvalue weighted by atomic mass is 10.1. The highest BCUT2D eigenvalue weighted by atomic mass is 79.9. The summed E-state index contributed by atoms with van der Waals surface area (Å²) in [6, 6.07) is 5.63. The predicted molar refractivity (Wildman–Crippen MR) is 77.2 cm³/mol. The minimum atomic E-state index is -0.919. The molecule has 3 nitrogen and oxygen atoms in total. The Hall–Kier alpha value is -0.680. The van der Waals surface area contributed by atoms with Crippen LogP contribution in [0.2, 0.25) is 0 Å². The second-order valence-electron chi connectivity index (χ2n) is 3.79. The molecule has 0 aromatic heterocycles. The van der Waals surface area contributed by atoms with Crippen LogP contribution in [0, 0.1) is 0 Å².